The predicted molar refractivity (Wildman–Crippen MR) is 165 cm³/mol. The summed E-state index contributed by atoms with van der Waals surface area (Å²) in [7, 11) is 0. The molecule has 0 amide bonds. The second-order valence-electron chi connectivity index (χ2n) is 12.4. The first-order valence-corrected chi connectivity index (χ1v) is 13.6. The molecule has 0 fully saturated rings. The maximum Gasteiger partial charge on any atom is 0.164 e. The van der Waals surface area contributed by atoms with E-state index in [-0.39, 0.29) is 37.1 Å². The third kappa shape index (κ3) is 7.81. The van der Waals surface area contributed by atoms with Crippen LogP contribution in [-0.2, 0) is 24.9 Å². The number of para-hydroxylation sites is 1. The normalized spacial score (nSPS) is 12.0. The molecule has 0 aliphatic rings. The zero-order valence-corrected chi connectivity index (χ0v) is 27.4. The van der Waals surface area contributed by atoms with Crippen molar-refractivity contribution in [3.05, 3.63) is 102 Å². The van der Waals surface area contributed by atoms with E-state index in [0.29, 0.717) is 0 Å². The fourth-order valence-corrected chi connectivity index (χ4v) is 4.25. The van der Waals surface area contributed by atoms with Gasteiger partial charge in [-0.1, -0.05) is 85.7 Å². The van der Waals surface area contributed by atoms with Crippen LogP contribution in [0.1, 0.15) is 52.7 Å². The number of nitrogens with zero attached hydrogens (tertiary/aromatic N) is 1. The Morgan fingerprint density at radius 2 is 1.59 bits per heavy atom. The molecular formula is C36H38IrNO3-. The number of hydrogen-bond acceptors (Lipinski definition) is 4. The number of aliphatic hydroxyl groups excluding tert-OH is 1. The molecule has 0 saturated carbocycles. The first-order chi connectivity index (χ1) is 18.7. The molecule has 5 rings (SSSR count). The van der Waals surface area contributed by atoms with Crippen LogP contribution in [0.25, 0.3) is 44.3 Å². The van der Waals surface area contributed by atoms with Gasteiger partial charge >= 0.3 is 0 Å². The summed E-state index contributed by atoms with van der Waals surface area (Å²) in [5, 5.41) is 12.9. The number of carbonyl (C=O) groups is 1. The Labute approximate surface area is 256 Å². The van der Waals surface area contributed by atoms with Crippen molar-refractivity contribution >= 4 is 27.5 Å². The first kappa shape index (κ1) is 32.0. The van der Waals surface area contributed by atoms with Gasteiger partial charge in [0.05, 0.1) is 0 Å². The minimum Gasteiger partial charge on any atom is -0.512 e. The van der Waals surface area contributed by atoms with E-state index < -0.39 is 5.41 Å². The summed E-state index contributed by atoms with van der Waals surface area (Å²) in [6, 6.07) is 26.4. The predicted octanol–water partition coefficient (Wildman–Crippen LogP) is 9.82. The molecule has 0 aliphatic heterocycles. The van der Waals surface area contributed by atoms with Gasteiger partial charge in [0.1, 0.15) is 17.1 Å². The van der Waals surface area contributed by atoms with Crippen molar-refractivity contribution in [2.45, 2.75) is 55.4 Å². The molecule has 0 bridgehead atoms. The van der Waals surface area contributed by atoms with Crippen molar-refractivity contribution in [3.63, 3.8) is 0 Å². The van der Waals surface area contributed by atoms with Gasteiger partial charge < -0.3 is 14.5 Å². The third-order valence-corrected chi connectivity index (χ3v) is 6.65. The number of carbonyl (C=O) groups excluding carboxylic acids is 1. The molecule has 5 aromatic rings. The number of ketones is 1. The van der Waals surface area contributed by atoms with Crippen LogP contribution in [-0.4, -0.2) is 15.9 Å². The van der Waals surface area contributed by atoms with Gasteiger partial charge in [0.15, 0.2) is 5.78 Å². The van der Waals surface area contributed by atoms with Crippen molar-refractivity contribution in [2.75, 3.05) is 0 Å². The molecule has 215 valence electrons. The van der Waals surface area contributed by atoms with Gasteiger partial charge in [-0.25, -0.2) is 0 Å². The number of aromatic nitrogens is 1. The van der Waals surface area contributed by atoms with Crippen molar-refractivity contribution in [1.82, 2.24) is 4.98 Å². The van der Waals surface area contributed by atoms with Crippen molar-refractivity contribution in [3.8, 4) is 22.6 Å². The molecule has 0 spiro atoms. The standard InChI is InChI=1S/C25H18NO.C11H20O2.Ir/c1-16-11-17(2)13-21(12-16)25-22-8-7-20(14-18(22)9-10-26-25)24-15-19-5-3-4-6-23(19)27-24;1-10(2,3)8(12)7-9(13)11(4,5)6;/h3-12,14-15H,1-2H3;7,12H,1-6H3;/q-1;;/b;8-7-;. The number of rotatable bonds is 3. The largest absolute Gasteiger partial charge is 0.512 e. The zero-order valence-electron chi connectivity index (χ0n) is 25.0. The Morgan fingerprint density at radius 3 is 2.22 bits per heavy atom. The SMILES string of the molecule is CC(C)(C)C(=O)/C=C(\O)C(C)(C)C.Cc1[c-]c(-c2nccc3cc(-c4cc5ccccc5o4)ccc23)cc(C)c1.[Ir]. The maximum atomic E-state index is 11.5. The summed E-state index contributed by atoms with van der Waals surface area (Å²) in [5.74, 6) is 0.988. The molecule has 41 heavy (non-hydrogen) atoms. The minimum absolute atomic E-state index is 0. The molecule has 0 aliphatic carbocycles. The number of hydrogen-bond donors (Lipinski definition) is 1. The third-order valence-electron chi connectivity index (χ3n) is 6.65. The number of aryl methyl sites for hydroxylation is 2. The van der Waals surface area contributed by atoms with Crippen LogP contribution in [0.2, 0.25) is 0 Å². The summed E-state index contributed by atoms with van der Waals surface area (Å²) in [6.07, 6.45) is 3.20. The van der Waals surface area contributed by atoms with Crippen LogP contribution in [0.4, 0.5) is 0 Å². The number of fused-ring (bicyclic) bond motifs is 2. The molecule has 0 atom stereocenters. The molecule has 0 unspecified atom stereocenters. The van der Waals surface area contributed by atoms with E-state index in [1.807, 2.05) is 72.0 Å². The molecule has 5 heteroatoms. The summed E-state index contributed by atoms with van der Waals surface area (Å²) >= 11 is 0. The molecule has 4 nitrogen and oxygen atoms in total. The monoisotopic (exact) mass is 725 g/mol. The quantitative estimate of drug-likeness (QED) is 0.114. The van der Waals surface area contributed by atoms with E-state index in [1.165, 1.54) is 11.6 Å². The Bertz CT molecular complexity index is 1660. The van der Waals surface area contributed by atoms with Crippen LogP contribution in [0.5, 0.6) is 0 Å². The average Bonchev–Trinajstić information content (AvgIpc) is 3.31. The second kappa shape index (κ2) is 12.5. The van der Waals surface area contributed by atoms with Crippen molar-refractivity contribution in [1.29, 1.82) is 0 Å². The fourth-order valence-electron chi connectivity index (χ4n) is 4.25. The average molecular weight is 725 g/mol. The van der Waals surface area contributed by atoms with E-state index in [0.717, 1.165) is 49.9 Å². The molecule has 1 N–H and O–H groups in total. The second-order valence-corrected chi connectivity index (χ2v) is 12.4. The number of allylic oxidation sites excluding steroid dienone is 2. The minimum atomic E-state index is -0.417. The summed E-state index contributed by atoms with van der Waals surface area (Å²) in [6.45, 7) is 15.3. The van der Waals surface area contributed by atoms with Gasteiger partial charge in [-0.05, 0) is 40.7 Å². The van der Waals surface area contributed by atoms with E-state index in [2.05, 4.69) is 67.4 Å². The van der Waals surface area contributed by atoms with Crippen LogP contribution in [0, 0.1) is 30.7 Å². The van der Waals surface area contributed by atoms with Gasteiger partial charge in [-0.2, -0.15) is 0 Å². The molecule has 1 radical (unpaired) electrons. The van der Waals surface area contributed by atoms with E-state index in [1.54, 1.807) is 0 Å². The van der Waals surface area contributed by atoms with Crippen LogP contribution >= 0.6 is 0 Å². The van der Waals surface area contributed by atoms with Crippen LogP contribution < -0.4 is 0 Å². The van der Waals surface area contributed by atoms with E-state index in [9.17, 15) is 9.90 Å². The number of benzene rings is 3. The van der Waals surface area contributed by atoms with Gasteiger partial charge in [-0.15, -0.1) is 34.9 Å². The van der Waals surface area contributed by atoms with Crippen LogP contribution in [0.3, 0.4) is 0 Å². The van der Waals surface area contributed by atoms with Gasteiger partial charge in [-0.3, -0.25) is 4.79 Å². The molecule has 0 saturated heterocycles. The fraction of sp³-hybridized carbons (Fsp3) is 0.278. The van der Waals surface area contributed by atoms with Gasteiger partial charge in [0.25, 0.3) is 0 Å². The maximum absolute atomic E-state index is 11.5. The molecule has 2 aromatic heterocycles. The Hall–Kier alpha value is -3.53. The van der Waals surface area contributed by atoms with Crippen molar-refractivity contribution < 1.29 is 34.4 Å². The Balaban J connectivity index is 0.000000284. The Kier molecular flexibility index (Phi) is 9.79. The summed E-state index contributed by atoms with van der Waals surface area (Å²) < 4.78 is 6.03. The van der Waals surface area contributed by atoms with E-state index in [4.69, 9.17) is 4.42 Å². The zero-order chi connectivity index (χ0) is 29.2. The summed E-state index contributed by atoms with van der Waals surface area (Å²) in [4.78, 5) is 16.1. The molecular weight excluding hydrogens is 687 g/mol. The van der Waals surface area contributed by atoms with Gasteiger partial charge in [0.2, 0.25) is 0 Å². The number of pyridine rings is 1. The topological polar surface area (TPSA) is 63.3 Å². The number of aliphatic hydroxyl groups is 1. The smallest absolute Gasteiger partial charge is 0.164 e. The first-order valence-electron chi connectivity index (χ1n) is 13.6. The molecule has 3 aromatic carbocycles. The number of furan rings is 1. The van der Waals surface area contributed by atoms with Gasteiger partial charge in [0, 0.05) is 54.2 Å². The Morgan fingerprint density at radius 1 is 0.878 bits per heavy atom. The summed E-state index contributed by atoms with van der Waals surface area (Å²) in [5.41, 5.74) is 5.57. The van der Waals surface area contributed by atoms with E-state index >= 15 is 0 Å². The molecule has 2 heterocycles. The van der Waals surface area contributed by atoms with Crippen molar-refractivity contribution in [2.24, 2.45) is 10.8 Å². The van der Waals surface area contributed by atoms with Crippen LogP contribution in [0.15, 0.2) is 89.2 Å².